The van der Waals surface area contributed by atoms with Crippen molar-refractivity contribution in [1.82, 2.24) is 10.3 Å². The molecule has 1 heterocycles. The number of nitrogens with two attached hydrogens (primary N) is 1. The molecule has 0 aliphatic carbocycles. The van der Waals surface area contributed by atoms with Gasteiger partial charge in [0.25, 0.3) is 5.91 Å². The minimum atomic E-state index is -0.530. The second-order valence-corrected chi connectivity index (χ2v) is 4.80. The monoisotopic (exact) mass is 299 g/mol. The van der Waals surface area contributed by atoms with Crippen LogP contribution in [0.4, 0.5) is 0 Å². The SMILES string of the molecule is CCOC(=O)c1nc(C(=O)NCCCCC(N)=O)cs1. The van der Waals surface area contributed by atoms with Crippen LogP contribution in [0, 0.1) is 0 Å². The zero-order valence-electron chi connectivity index (χ0n) is 11.2. The molecule has 7 nitrogen and oxygen atoms in total. The van der Waals surface area contributed by atoms with Crippen molar-refractivity contribution in [1.29, 1.82) is 0 Å². The Kier molecular flexibility index (Phi) is 6.65. The van der Waals surface area contributed by atoms with Gasteiger partial charge in [-0.05, 0) is 19.8 Å². The molecule has 8 heteroatoms. The number of ether oxygens (including phenoxy) is 1. The lowest BCUT2D eigenvalue weighted by Gasteiger charge is -2.02. The molecule has 0 aliphatic rings. The number of nitrogens with zero attached hydrogens (tertiary/aromatic N) is 1. The number of unbranched alkanes of at least 4 members (excludes halogenated alkanes) is 1. The van der Waals surface area contributed by atoms with E-state index in [9.17, 15) is 14.4 Å². The topological polar surface area (TPSA) is 111 Å². The largest absolute Gasteiger partial charge is 0.461 e. The number of esters is 1. The highest BCUT2D eigenvalue weighted by atomic mass is 32.1. The number of nitrogens with one attached hydrogen (secondary N) is 1. The molecule has 0 aliphatic heterocycles. The number of carbonyl (C=O) groups excluding carboxylic acids is 3. The number of hydrogen-bond donors (Lipinski definition) is 2. The molecule has 0 radical (unpaired) electrons. The zero-order chi connectivity index (χ0) is 15.0. The summed E-state index contributed by atoms with van der Waals surface area (Å²) in [6.07, 6.45) is 1.59. The van der Waals surface area contributed by atoms with Crippen molar-refractivity contribution in [3.05, 3.63) is 16.1 Å². The molecule has 1 rings (SSSR count). The first kappa shape index (κ1) is 16.1. The number of carbonyl (C=O) groups is 3. The molecule has 1 aromatic rings. The van der Waals surface area contributed by atoms with Gasteiger partial charge in [0, 0.05) is 18.3 Å². The maximum atomic E-state index is 11.7. The van der Waals surface area contributed by atoms with E-state index in [1.807, 2.05) is 0 Å². The molecule has 20 heavy (non-hydrogen) atoms. The highest BCUT2D eigenvalue weighted by molar-refractivity contribution is 7.11. The summed E-state index contributed by atoms with van der Waals surface area (Å²) in [5.41, 5.74) is 5.19. The summed E-state index contributed by atoms with van der Waals surface area (Å²) in [5, 5.41) is 4.32. The molecule has 0 saturated heterocycles. The Morgan fingerprint density at radius 2 is 2.15 bits per heavy atom. The normalized spacial score (nSPS) is 10.1. The number of hydrogen-bond acceptors (Lipinski definition) is 6. The maximum Gasteiger partial charge on any atom is 0.367 e. The lowest BCUT2D eigenvalue weighted by atomic mass is 10.2. The molecular formula is C12H17N3O4S. The maximum absolute atomic E-state index is 11.7. The number of rotatable bonds is 8. The third-order valence-corrected chi connectivity index (χ3v) is 3.14. The minimum absolute atomic E-state index is 0.158. The Morgan fingerprint density at radius 3 is 2.80 bits per heavy atom. The average Bonchev–Trinajstić information content (AvgIpc) is 2.87. The quantitative estimate of drug-likeness (QED) is 0.542. The third-order valence-electron chi connectivity index (χ3n) is 2.32. The van der Waals surface area contributed by atoms with Gasteiger partial charge in [-0.25, -0.2) is 9.78 Å². The van der Waals surface area contributed by atoms with Crippen molar-refractivity contribution < 1.29 is 19.1 Å². The van der Waals surface area contributed by atoms with Gasteiger partial charge < -0.3 is 15.8 Å². The average molecular weight is 299 g/mol. The van der Waals surface area contributed by atoms with Gasteiger partial charge in [0.1, 0.15) is 5.69 Å². The number of aromatic nitrogens is 1. The number of primary amides is 1. The fourth-order valence-electron chi connectivity index (χ4n) is 1.38. The summed E-state index contributed by atoms with van der Waals surface area (Å²) in [6.45, 7) is 2.39. The molecule has 0 saturated carbocycles. The van der Waals surface area contributed by atoms with Crippen molar-refractivity contribution in [2.75, 3.05) is 13.2 Å². The zero-order valence-corrected chi connectivity index (χ0v) is 12.0. The van der Waals surface area contributed by atoms with Gasteiger partial charge in [0.15, 0.2) is 0 Å². The summed E-state index contributed by atoms with van der Waals surface area (Å²) < 4.78 is 4.79. The van der Waals surface area contributed by atoms with Crippen LogP contribution in [-0.4, -0.2) is 35.9 Å². The molecule has 0 fully saturated rings. The predicted molar refractivity (Wildman–Crippen MR) is 73.4 cm³/mol. The lowest BCUT2D eigenvalue weighted by molar-refractivity contribution is -0.118. The van der Waals surface area contributed by atoms with E-state index < -0.39 is 5.97 Å². The molecule has 2 amide bonds. The lowest BCUT2D eigenvalue weighted by Crippen LogP contribution is -2.25. The minimum Gasteiger partial charge on any atom is -0.461 e. The molecule has 0 bridgehead atoms. The summed E-state index contributed by atoms with van der Waals surface area (Å²) in [4.78, 5) is 37.6. The summed E-state index contributed by atoms with van der Waals surface area (Å²) >= 11 is 1.07. The predicted octanol–water partition coefficient (Wildman–Crippen LogP) is 0.705. The van der Waals surface area contributed by atoms with Gasteiger partial charge in [-0.15, -0.1) is 11.3 Å². The van der Waals surface area contributed by atoms with E-state index in [0.29, 0.717) is 25.8 Å². The molecule has 3 N–H and O–H groups in total. The van der Waals surface area contributed by atoms with Crippen LogP contribution < -0.4 is 11.1 Å². The van der Waals surface area contributed by atoms with Crippen LogP contribution in [0.1, 0.15) is 46.5 Å². The van der Waals surface area contributed by atoms with Crippen LogP contribution in [0.15, 0.2) is 5.38 Å². The van der Waals surface area contributed by atoms with Gasteiger partial charge in [-0.1, -0.05) is 0 Å². The summed E-state index contributed by atoms with van der Waals surface area (Å²) in [6, 6.07) is 0. The molecular weight excluding hydrogens is 282 g/mol. The Balaban J connectivity index is 2.36. The van der Waals surface area contributed by atoms with Crippen LogP contribution >= 0.6 is 11.3 Å². The Labute approximate surface area is 120 Å². The van der Waals surface area contributed by atoms with Crippen LogP contribution in [-0.2, 0) is 9.53 Å². The first-order chi connectivity index (χ1) is 9.54. The van der Waals surface area contributed by atoms with Crippen LogP contribution in [0.2, 0.25) is 0 Å². The molecule has 0 atom stereocenters. The van der Waals surface area contributed by atoms with E-state index in [0.717, 1.165) is 11.3 Å². The van der Waals surface area contributed by atoms with Crippen LogP contribution in [0.3, 0.4) is 0 Å². The van der Waals surface area contributed by atoms with E-state index in [2.05, 4.69) is 10.3 Å². The molecule has 0 spiro atoms. The van der Waals surface area contributed by atoms with Gasteiger partial charge in [0.2, 0.25) is 10.9 Å². The standard InChI is InChI=1S/C12H17N3O4S/c1-2-19-12(18)11-15-8(7-20-11)10(17)14-6-4-3-5-9(13)16/h7H,2-6H2,1H3,(H2,13,16)(H,14,17). The van der Waals surface area contributed by atoms with Crippen LogP contribution in [0.25, 0.3) is 0 Å². The highest BCUT2D eigenvalue weighted by Gasteiger charge is 2.15. The smallest absolute Gasteiger partial charge is 0.367 e. The van der Waals surface area contributed by atoms with Gasteiger partial charge in [-0.2, -0.15) is 0 Å². The third kappa shape index (κ3) is 5.35. The van der Waals surface area contributed by atoms with Gasteiger partial charge >= 0.3 is 5.97 Å². The fraction of sp³-hybridized carbons (Fsp3) is 0.500. The van der Waals surface area contributed by atoms with Gasteiger partial charge in [0.05, 0.1) is 6.61 Å². The van der Waals surface area contributed by atoms with E-state index in [1.54, 1.807) is 6.92 Å². The number of amides is 2. The summed E-state index contributed by atoms with van der Waals surface area (Å²) in [7, 11) is 0. The Bertz CT molecular complexity index is 487. The molecule has 0 aromatic carbocycles. The number of thiazole rings is 1. The van der Waals surface area contributed by atoms with E-state index >= 15 is 0 Å². The first-order valence-corrected chi connectivity index (χ1v) is 7.11. The second-order valence-electron chi connectivity index (χ2n) is 3.94. The molecule has 1 aromatic heterocycles. The van der Waals surface area contributed by atoms with Crippen molar-refractivity contribution in [2.45, 2.75) is 26.2 Å². The van der Waals surface area contributed by atoms with E-state index in [-0.39, 0.29) is 29.1 Å². The Hall–Kier alpha value is -1.96. The fourth-order valence-corrected chi connectivity index (χ4v) is 2.07. The first-order valence-electron chi connectivity index (χ1n) is 6.23. The van der Waals surface area contributed by atoms with E-state index in [1.165, 1.54) is 5.38 Å². The van der Waals surface area contributed by atoms with Crippen molar-refractivity contribution in [3.63, 3.8) is 0 Å². The van der Waals surface area contributed by atoms with Crippen molar-refractivity contribution in [2.24, 2.45) is 5.73 Å². The Morgan fingerprint density at radius 1 is 1.40 bits per heavy atom. The van der Waals surface area contributed by atoms with E-state index in [4.69, 9.17) is 10.5 Å². The second kappa shape index (κ2) is 8.26. The van der Waals surface area contributed by atoms with Gasteiger partial charge in [-0.3, -0.25) is 9.59 Å². The summed E-state index contributed by atoms with van der Waals surface area (Å²) in [5.74, 6) is -1.23. The molecule has 0 unspecified atom stereocenters. The van der Waals surface area contributed by atoms with Crippen molar-refractivity contribution in [3.8, 4) is 0 Å². The van der Waals surface area contributed by atoms with Crippen LogP contribution in [0.5, 0.6) is 0 Å². The van der Waals surface area contributed by atoms with Crippen molar-refractivity contribution >= 4 is 29.1 Å². The highest BCUT2D eigenvalue weighted by Crippen LogP contribution is 2.11. The molecule has 110 valence electrons.